The molecule has 1 unspecified atom stereocenters. The smallest absolute Gasteiger partial charge is 0.270 e. The summed E-state index contributed by atoms with van der Waals surface area (Å²) in [5, 5.41) is 10.5. The molecular formula is C9H11ClN2O3. The van der Waals surface area contributed by atoms with E-state index in [0.717, 1.165) is 5.56 Å². The summed E-state index contributed by atoms with van der Waals surface area (Å²) in [7, 11) is 0. The van der Waals surface area contributed by atoms with Gasteiger partial charge in [0.2, 0.25) is 0 Å². The van der Waals surface area contributed by atoms with E-state index in [1.165, 1.54) is 12.1 Å². The SMILES string of the molecule is Cl.NC1CCOc2ccc([N+](=O)[O-])cc21. The van der Waals surface area contributed by atoms with Crippen LogP contribution in [-0.4, -0.2) is 11.5 Å². The summed E-state index contributed by atoms with van der Waals surface area (Å²) >= 11 is 0. The van der Waals surface area contributed by atoms with Crippen molar-refractivity contribution in [3.63, 3.8) is 0 Å². The van der Waals surface area contributed by atoms with Crippen LogP contribution in [0, 0.1) is 10.1 Å². The molecule has 15 heavy (non-hydrogen) atoms. The molecule has 6 heteroatoms. The van der Waals surface area contributed by atoms with E-state index in [9.17, 15) is 10.1 Å². The average molecular weight is 231 g/mol. The van der Waals surface area contributed by atoms with Crippen LogP contribution in [0.25, 0.3) is 0 Å². The Kier molecular flexibility index (Phi) is 3.49. The van der Waals surface area contributed by atoms with Crippen molar-refractivity contribution < 1.29 is 9.66 Å². The number of nitrogens with zero attached hydrogens (tertiary/aromatic N) is 1. The van der Waals surface area contributed by atoms with Crippen LogP contribution in [0.1, 0.15) is 18.0 Å². The maximum absolute atomic E-state index is 10.5. The summed E-state index contributed by atoms with van der Waals surface area (Å²) in [5.74, 6) is 0.661. The van der Waals surface area contributed by atoms with Crippen LogP contribution in [0.15, 0.2) is 18.2 Å². The Morgan fingerprint density at radius 1 is 1.53 bits per heavy atom. The molecule has 1 aromatic rings. The van der Waals surface area contributed by atoms with Crippen molar-refractivity contribution in [2.45, 2.75) is 12.5 Å². The highest BCUT2D eigenvalue weighted by Gasteiger charge is 2.20. The van der Waals surface area contributed by atoms with E-state index in [2.05, 4.69) is 0 Å². The van der Waals surface area contributed by atoms with Crippen LogP contribution in [0.3, 0.4) is 0 Å². The molecule has 0 saturated carbocycles. The molecule has 0 fully saturated rings. The molecule has 2 N–H and O–H groups in total. The van der Waals surface area contributed by atoms with Gasteiger partial charge in [0.15, 0.2) is 0 Å². The van der Waals surface area contributed by atoms with Crippen molar-refractivity contribution in [1.82, 2.24) is 0 Å². The molecule has 0 radical (unpaired) electrons. The Morgan fingerprint density at radius 3 is 2.93 bits per heavy atom. The number of ether oxygens (including phenoxy) is 1. The van der Waals surface area contributed by atoms with Gasteiger partial charge in [-0.3, -0.25) is 10.1 Å². The lowest BCUT2D eigenvalue weighted by Crippen LogP contribution is -2.20. The van der Waals surface area contributed by atoms with Crippen LogP contribution in [0.4, 0.5) is 5.69 Å². The lowest BCUT2D eigenvalue weighted by Gasteiger charge is -2.22. The third-order valence-electron chi connectivity index (χ3n) is 2.29. The molecule has 0 amide bonds. The van der Waals surface area contributed by atoms with Gasteiger partial charge in [0, 0.05) is 30.2 Å². The normalized spacial score (nSPS) is 18.3. The van der Waals surface area contributed by atoms with Gasteiger partial charge >= 0.3 is 0 Å². The van der Waals surface area contributed by atoms with Gasteiger partial charge in [0.1, 0.15) is 5.75 Å². The Bertz CT molecular complexity index is 384. The number of fused-ring (bicyclic) bond motifs is 1. The van der Waals surface area contributed by atoms with Crippen molar-refractivity contribution in [1.29, 1.82) is 0 Å². The number of nitrogens with two attached hydrogens (primary N) is 1. The molecule has 0 spiro atoms. The quantitative estimate of drug-likeness (QED) is 0.589. The van der Waals surface area contributed by atoms with Gasteiger partial charge in [0.05, 0.1) is 11.5 Å². The highest BCUT2D eigenvalue weighted by Crippen LogP contribution is 2.33. The summed E-state index contributed by atoms with van der Waals surface area (Å²) in [6.07, 6.45) is 0.703. The topological polar surface area (TPSA) is 78.4 Å². The average Bonchev–Trinajstić information content (AvgIpc) is 2.18. The molecule has 1 atom stereocenters. The van der Waals surface area contributed by atoms with Gasteiger partial charge < -0.3 is 10.5 Å². The van der Waals surface area contributed by atoms with Gasteiger partial charge in [-0.25, -0.2) is 0 Å². The number of hydrogen-bond acceptors (Lipinski definition) is 4. The number of nitro groups is 1. The minimum Gasteiger partial charge on any atom is -0.493 e. The first-order valence-corrected chi connectivity index (χ1v) is 4.35. The minimum atomic E-state index is -0.429. The predicted octanol–water partition coefficient (Wildman–Crippen LogP) is 1.80. The van der Waals surface area contributed by atoms with Gasteiger partial charge in [-0.05, 0) is 6.07 Å². The molecule has 0 aromatic heterocycles. The van der Waals surface area contributed by atoms with Crippen molar-refractivity contribution in [2.24, 2.45) is 5.73 Å². The lowest BCUT2D eigenvalue weighted by atomic mass is 10.0. The van der Waals surface area contributed by atoms with Gasteiger partial charge in [-0.1, -0.05) is 0 Å². The second kappa shape index (κ2) is 4.46. The predicted molar refractivity (Wildman–Crippen MR) is 57.4 cm³/mol. The van der Waals surface area contributed by atoms with E-state index >= 15 is 0 Å². The Labute approximate surface area is 92.8 Å². The van der Waals surface area contributed by atoms with Crippen molar-refractivity contribution in [3.05, 3.63) is 33.9 Å². The Morgan fingerprint density at radius 2 is 2.27 bits per heavy atom. The number of nitro benzene ring substituents is 1. The number of halogens is 1. The summed E-state index contributed by atoms with van der Waals surface area (Å²) in [5.41, 5.74) is 6.60. The largest absolute Gasteiger partial charge is 0.493 e. The maximum atomic E-state index is 10.5. The summed E-state index contributed by atoms with van der Waals surface area (Å²) in [4.78, 5) is 10.1. The molecule has 82 valence electrons. The van der Waals surface area contributed by atoms with Crippen LogP contribution >= 0.6 is 12.4 Å². The van der Waals surface area contributed by atoms with Crippen LogP contribution in [0.2, 0.25) is 0 Å². The van der Waals surface area contributed by atoms with Gasteiger partial charge in [-0.2, -0.15) is 0 Å². The first-order valence-electron chi connectivity index (χ1n) is 4.35. The molecule has 1 aliphatic heterocycles. The molecule has 1 heterocycles. The zero-order chi connectivity index (χ0) is 10.1. The summed E-state index contributed by atoms with van der Waals surface area (Å²) in [6, 6.07) is 4.36. The van der Waals surface area contributed by atoms with E-state index < -0.39 is 4.92 Å². The molecule has 0 saturated heterocycles. The third-order valence-corrected chi connectivity index (χ3v) is 2.29. The monoisotopic (exact) mass is 230 g/mol. The van der Waals surface area contributed by atoms with Crippen LogP contribution in [0.5, 0.6) is 5.75 Å². The number of benzene rings is 1. The molecule has 1 aliphatic rings. The number of non-ortho nitro benzene ring substituents is 1. The molecular weight excluding hydrogens is 220 g/mol. The Balaban J connectivity index is 0.00000112. The van der Waals surface area contributed by atoms with E-state index in [0.29, 0.717) is 18.8 Å². The molecule has 1 aromatic carbocycles. The minimum absolute atomic E-state index is 0. The lowest BCUT2D eigenvalue weighted by molar-refractivity contribution is -0.385. The van der Waals surface area contributed by atoms with Gasteiger partial charge in [-0.15, -0.1) is 12.4 Å². The fourth-order valence-electron chi connectivity index (χ4n) is 1.52. The molecule has 5 nitrogen and oxygen atoms in total. The molecule has 0 bridgehead atoms. The number of hydrogen-bond donors (Lipinski definition) is 1. The first-order chi connectivity index (χ1) is 6.68. The van der Waals surface area contributed by atoms with Gasteiger partial charge in [0.25, 0.3) is 5.69 Å². The molecule has 2 rings (SSSR count). The highest BCUT2D eigenvalue weighted by molar-refractivity contribution is 5.85. The zero-order valence-electron chi connectivity index (χ0n) is 7.88. The fraction of sp³-hybridized carbons (Fsp3) is 0.333. The summed E-state index contributed by atoms with van der Waals surface area (Å²) < 4.78 is 5.33. The van der Waals surface area contributed by atoms with E-state index in [4.69, 9.17) is 10.5 Å². The Hall–Kier alpha value is -1.33. The van der Waals surface area contributed by atoms with Crippen LogP contribution in [-0.2, 0) is 0 Å². The second-order valence-electron chi connectivity index (χ2n) is 3.22. The maximum Gasteiger partial charge on any atom is 0.270 e. The number of rotatable bonds is 1. The van der Waals surface area contributed by atoms with Crippen LogP contribution < -0.4 is 10.5 Å². The fourth-order valence-corrected chi connectivity index (χ4v) is 1.52. The third kappa shape index (κ3) is 2.19. The van der Waals surface area contributed by atoms with E-state index in [1.54, 1.807) is 6.07 Å². The highest BCUT2D eigenvalue weighted by atomic mass is 35.5. The van der Waals surface area contributed by atoms with Crippen molar-refractivity contribution in [3.8, 4) is 5.75 Å². The molecule has 0 aliphatic carbocycles. The first kappa shape index (κ1) is 11.7. The van der Waals surface area contributed by atoms with Crippen molar-refractivity contribution in [2.75, 3.05) is 6.61 Å². The second-order valence-corrected chi connectivity index (χ2v) is 3.22. The summed E-state index contributed by atoms with van der Waals surface area (Å²) in [6.45, 7) is 0.575. The zero-order valence-corrected chi connectivity index (χ0v) is 8.70. The van der Waals surface area contributed by atoms with E-state index in [1.807, 2.05) is 0 Å². The van der Waals surface area contributed by atoms with Crippen molar-refractivity contribution >= 4 is 18.1 Å². The standard InChI is InChI=1S/C9H10N2O3.ClH/c10-8-3-4-14-9-2-1-6(11(12)13)5-7(8)9;/h1-2,5,8H,3-4,10H2;1H. The van der Waals surface area contributed by atoms with E-state index in [-0.39, 0.29) is 24.1 Å².